The van der Waals surface area contributed by atoms with Crippen LogP contribution in [-0.2, 0) is 20.5 Å². The molecule has 124 valence electrons. The van der Waals surface area contributed by atoms with Crippen molar-refractivity contribution in [2.24, 2.45) is 0 Å². The van der Waals surface area contributed by atoms with Crippen molar-refractivity contribution in [3.8, 4) is 17.2 Å². The highest BCUT2D eigenvalue weighted by Crippen LogP contribution is 2.40. The number of rotatable bonds is 2. The van der Waals surface area contributed by atoms with E-state index in [0.717, 1.165) is 16.7 Å². The molecule has 1 heterocycles. The van der Waals surface area contributed by atoms with Crippen molar-refractivity contribution in [1.82, 2.24) is 0 Å². The lowest BCUT2D eigenvalue weighted by molar-refractivity contribution is -0.0406. The molecule has 3 rings (SSSR count). The molecule has 0 spiro atoms. The topological polar surface area (TPSA) is 99.4 Å². The molecule has 1 unspecified atom stereocenters. The van der Waals surface area contributed by atoms with Crippen LogP contribution >= 0.6 is 0 Å². The summed E-state index contributed by atoms with van der Waals surface area (Å²) in [6.07, 6.45) is 0. The van der Waals surface area contributed by atoms with Gasteiger partial charge in [-0.1, -0.05) is 18.2 Å². The standard InChI is InChI=1S/C17H16N2O4S/c1-17(2)14-9-13(12-5-3-4-11(8-12)10-18)6-7-15(14)19-16(23-17)24(20,21)22/h3-9,16,19H,1-2H3,(H,20,21,22). The van der Waals surface area contributed by atoms with E-state index in [1.54, 1.807) is 32.0 Å². The van der Waals surface area contributed by atoms with E-state index in [4.69, 9.17) is 10.00 Å². The van der Waals surface area contributed by atoms with Gasteiger partial charge in [0.05, 0.1) is 17.2 Å². The van der Waals surface area contributed by atoms with Crippen molar-refractivity contribution in [3.05, 3.63) is 53.6 Å². The third-order valence-corrected chi connectivity index (χ3v) is 4.69. The number of benzene rings is 2. The summed E-state index contributed by atoms with van der Waals surface area (Å²) in [5, 5.41) is 11.7. The van der Waals surface area contributed by atoms with E-state index in [-0.39, 0.29) is 0 Å². The summed E-state index contributed by atoms with van der Waals surface area (Å²) in [6.45, 7) is 3.47. The number of nitrogens with one attached hydrogen (secondary N) is 1. The molecule has 0 saturated carbocycles. The van der Waals surface area contributed by atoms with Gasteiger partial charge in [-0.15, -0.1) is 0 Å². The lowest BCUT2D eigenvalue weighted by Gasteiger charge is -2.37. The molecule has 7 heteroatoms. The Labute approximate surface area is 140 Å². The molecule has 0 fully saturated rings. The van der Waals surface area contributed by atoms with Gasteiger partial charge in [0.15, 0.2) is 0 Å². The zero-order valence-electron chi connectivity index (χ0n) is 13.1. The van der Waals surface area contributed by atoms with Crippen LogP contribution in [-0.4, -0.2) is 18.5 Å². The quantitative estimate of drug-likeness (QED) is 0.812. The highest BCUT2D eigenvalue weighted by atomic mass is 32.2. The molecule has 1 atom stereocenters. The summed E-state index contributed by atoms with van der Waals surface area (Å²) in [7, 11) is -4.38. The number of ether oxygens (including phenoxy) is 1. The lowest BCUT2D eigenvalue weighted by atomic mass is 9.91. The van der Waals surface area contributed by atoms with Gasteiger partial charge in [0, 0.05) is 11.3 Å². The molecule has 1 aliphatic heterocycles. The summed E-state index contributed by atoms with van der Waals surface area (Å²) >= 11 is 0. The zero-order valence-corrected chi connectivity index (χ0v) is 14.0. The average Bonchev–Trinajstić information content (AvgIpc) is 2.53. The molecule has 6 nitrogen and oxygen atoms in total. The third kappa shape index (κ3) is 2.99. The third-order valence-electron chi connectivity index (χ3n) is 3.94. The zero-order chi connectivity index (χ0) is 17.5. The Hall–Kier alpha value is -2.40. The molecule has 1 aliphatic rings. The van der Waals surface area contributed by atoms with E-state index in [1.165, 1.54) is 0 Å². The minimum absolute atomic E-state index is 0.560. The van der Waals surface area contributed by atoms with Crippen LogP contribution in [0.2, 0.25) is 0 Å². The van der Waals surface area contributed by atoms with E-state index < -0.39 is 21.3 Å². The van der Waals surface area contributed by atoms with Gasteiger partial charge in [-0.05, 0) is 49.2 Å². The second kappa shape index (κ2) is 5.60. The highest BCUT2D eigenvalue weighted by molar-refractivity contribution is 7.86. The first kappa shape index (κ1) is 16.5. The molecule has 2 N–H and O–H groups in total. The maximum Gasteiger partial charge on any atom is 0.312 e. The van der Waals surface area contributed by atoms with E-state index in [2.05, 4.69) is 11.4 Å². The SMILES string of the molecule is CC1(C)OC(S(=O)(=O)O)Nc2ccc(-c3cccc(C#N)c3)cc21. The molecule has 0 aromatic heterocycles. The van der Waals surface area contributed by atoms with E-state index >= 15 is 0 Å². The Balaban J connectivity index is 2.07. The van der Waals surface area contributed by atoms with Crippen LogP contribution in [0.5, 0.6) is 0 Å². The molecule has 0 radical (unpaired) electrons. The molecule has 2 aromatic carbocycles. The molecular formula is C17H16N2O4S. The van der Waals surface area contributed by atoms with E-state index in [0.29, 0.717) is 11.3 Å². The molecule has 0 aliphatic carbocycles. The smallest absolute Gasteiger partial charge is 0.312 e. The van der Waals surface area contributed by atoms with Gasteiger partial charge in [-0.25, -0.2) is 0 Å². The van der Waals surface area contributed by atoms with Gasteiger partial charge >= 0.3 is 10.1 Å². The van der Waals surface area contributed by atoms with Gasteiger partial charge in [-0.2, -0.15) is 13.7 Å². The monoisotopic (exact) mass is 344 g/mol. The lowest BCUT2D eigenvalue weighted by Crippen LogP contribution is -2.43. The van der Waals surface area contributed by atoms with Gasteiger partial charge in [0.25, 0.3) is 5.56 Å². The van der Waals surface area contributed by atoms with Crippen LogP contribution in [0.4, 0.5) is 5.69 Å². The van der Waals surface area contributed by atoms with Crippen LogP contribution < -0.4 is 5.32 Å². The van der Waals surface area contributed by atoms with Crippen molar-refractivity contribution < 1.29 is 17.7 Å². The van der Waals surface area contributed by atoms with Crippen molar-refractivity contribution in [2.75, 3.05) is 5.32 Å². The highest BCUT2D eigenvalue weighted by Gasteiger charge is 2.39. The maximum atomic E-state index is 11.4. The van der Waals surface area contributed by atoms with Crippen molar-refractivity contribution in [2.45, 2.75) is 25.0 Å². The fraction of sp³-hybridized carbons (Fsp3) is 0.235. The Bertz CT molecular complexity index is 945. The van der Waals surface area contributed by atoms with Crippen LogP contribution in [0.3, 0.4) is 0 Å². The summed E-state index contributed by atoms with van der Waals surface area (Å²) in [5.74, 6) is 0. The normalized spacial score (nSPS) is 19.0. The van der Waals surface area contributed by atoms with Crippen LogP contribution in [0, 0.1) is 11.3 Å². The van der Waals surface area contributed by atoms with E-state index in [9.17, 15) is 13.0 Å². The van der Waals surface area contributed by atoms with Crippen molar-refractivity contribution in [1.29, 1.82) is 5.26 Å². The number of nitrogens with zero attached hydrogens (tertiary/aromatic N) is 1. The van der Waals surface area contributed by atoms with Gasteiger partial charge in [-0.3, -0.25) is 4.55 Å². The summed E-state index contributed by atoms with van der Waals surface area (Å²) < 4.78 is 37.5. The minimum Gasteiger partial charge on any atom is -0.345 e. The number of hydrogen-bond acceptors (Lipinski definition) is 5. The molecule has 0 amide bonds. The second-order valence-corrected chi connectivity index (χ2v) is 7.53. The predicted octanol–water partition coefficient (Wildman–Crippen LogP) is 3.07. The molecule has 0 saturated heterocycles. The van der Waals surface area contributed by atoms with Gasteiger partial charge < -0.3 is 10.1 Å². The summed E-state index contributed by atoms with van der Waals surface area (Å²) in [6, 6.07) is 14.8. The first-order chi connectivity index (χ1) is 11.2. The number of hydrogen-bond donors (Lipinski definition) is 2. The Morgan fingerprint density at radius 1 is 1.21 bits per heavy atom. The maximum absolute atomic E-state index is 11.4. The van der Waals surface area contributed by atoms with Crippen LogP contribution in [0.1, 0.15) is 25.0 Å². The second-order valence-electron chi connectivity index (χ2n) is 6.07. The number of anilines is 1. The Morgan fingerprint density at radius 2 is 1.92 bits per heavy atom. The molecule has 0 bridgehead atoms. The minimum atomic E-state index is -4.38. The molecule has 2 aromatic rings. The van der Waals surface area contributed by atoms with Crippen LogP contribution in [0.25, 0.3) is 11.1 Å². The van der Waals surface area contributed by atoms with Crippen molar-refractivity contribution >= 4 is 15.8 Å². The fourth-order valence-electron chi connectivity index (χ4n) is 2.74. The fourth-order valence-corrected chi connectivity index (χ4v) is 3.38. The van der Waals surface area contributed by atoms with E-state index in [1.807, 2.05) is 24.3 Å². The van der Waals surface area contributed by atoms with Gasteiger partial charge in [0.2, 0.25) is 0 Å². The number of nitriles is 1. The largest absolute Gasteiger partial charge is 0.345 e. The summed E-state index contributed by atoms with van der Waals surface area (Å²) in [4.78, 5) is 0. The van der Waals surface area contributed by atoms with Crippen LogP contribution in [0.15, 0.2) is 42.5 Å². The Kier molecular flexibility index (Phi) is 3.84. The molecular weight excluding hydrogens is 328 g/mol. The molecule has 24 heavy (non-hydrogen) atoms. The number of fused-ring (bicyclic) bond motifs is 1. The predicted molar refractivity (Wildman–Crippen MR) is 89.7 cm³/mol. The van der Waals surface area contributed by atoms with Crippen molar-refractivity contribution in [3.63, 3.8) is 0 Å². The first-order valence-electron chi connectivity index (χ1n) is 7.26. The Morgan fingerprint density at radius 3 is 2.58 bits per heavy atom. The first-order valence-corrected chi connectivity index (χ1v) is 8.77. The summed E-state index contributed by atoms with van der Waals surface area (Å²) in [5.41, 5.74) is 1.25. The van der Waals surface area contributed by atoms with Gasteiger partial charge in [0.1, 0.15) is 0 Å². The average molecular weight is 344 g/mol.